The van der Waals surface area contributed by atoms with Crippen LogP contribution >= 0.6 is 22.9 Å². The Hall–Kier alpha value is -2.36. The van der Waals surface area contributed by atoms with Crippen molar-refractivity contribution in [3.05, 3.63) is 88.1 Å². The molecule has 0 aliphatic heterocycles. The highest BCUT2D eigenvalue weighted by molar-refractivity contribution is 7.24. The van der Waals surface area contributed by atoms with Gasteiger partial charge in [-0.3, -0.25) is 4.79 Å². The Morgan fingerprint density at radius 2 is 1.58 bits per heavy atom. The third-order valence-corrected chi connectivity index (χ3v) is 6.06. The lowest BCUT2D eigenvalue weighted by Crippen LogP contribution is -2.16. The van der Waals surface area contributed by atoms with Crippen molar-refractivity contribution in [2.75, 3.05) is 11.9 Å². The Balaban J connectivity index is 1.70. The van der Waals surface area contributed by atoms with Gasteiger partial charge in [0.2, 0.25) is 0 Å². The Bertz CT molecular complexity index is 1130. The summed E-state index contributed by atoms with van der Waals surface area (Å²) in [6, 6.07) is 22.3. The van der Waals surface area contributed by atoms with Crippen molar-refractivity contribution < 1.29 is 0 Å². The SMILES string of the molecule is CN(Cc1ccc(CCl)cc1)c1ccc2sc3ccccc3c(=O)c2c1. The zero-order valence-electron chi connectivity index (χ0n) is 14.4. The van der Waals surface area contributed by atoms with Crippen molar-refractivity contribution in [2.45, 2.75) is 12.4 Å². The third kappa shape index (κ3) is 3.20. The molecule has 1 heterocycles. The van der Waals surface area contributed by atoms with Crippen LogP contribution in [-0.2, 0) is 12.4 Å². The normalized spacial score (nSPS) is 11.2. The fourth-order valence-corrected chi connectivity index (χ4v) is 4.36. The summed E-state index contributed by atoms with van der Waals surface area (Å²) in [6.45, 7) is 0.777. The second-order valence-electron chi connectivity index (χ2n) is 6.41. The quantitative estimate of drug-likeness (QED) is 0.330. The maximum atomic E-state index is 12.9. The van der Waals surface area contributed by atoms with Crippen molar-refractivity contribution in [3.63, 3.8) is 0 Å². The van der Waals surface area contributed by atoms with Gasteiger partial charge < -0.3 is 4.90 Å². The fraction of sp³-hybridized carbons (Fsp3) is 0.136. The smallest absolute Gasteiger partial charge is 0.195 e. The van der Waals surface area contributed by atoms with E-state index >= 15 is 0 Å². The Morgan fingerprint density at radius 1 is 0.885 bits per heavy atom. The van der Waals surface area contributed by atoms with Gasteiger partial charge in [-0.2, -0.15) is 0 Å². The molecule has 26 heavy (non-hydrogen) atoms. The van der Waals surface area contributed by atoms with Gasteiger partial charge in [0.1, 0.15) is 0 Å². The molecule has 4 rings (SSSR count). The van der Waals surface area contributed by atoms with E-state index in [2.05, 4.69) is 41.3 Å². The first-order chi connectivity index (χ1) is 12.7. The van der Waals surface area contributed by atoms with Gasteiger partial charge in [-0.15, -0.1) is 22.9 Å². The number of rotatable bonds is 4. The van der Waals surface area contributed by atoms with Crippen LogP contribution in [0.2, 0.25) is 0 Å². The Morgan fingerprint density at radius 3 is 2.35 bits per heavy atom. The largest absolute Gasteiger partial charge is 0.370 e. The van der Waals surface area contributed by atoms with Crippen LogP contribution in [0.15, 0.2) is 71.5 Å². The summed E-state index contributed by atoms with van der Waals surface area (Å²) >= 11 is 7.52. The van der Waals surface area contributed by atoms with Gasteiger partial charge in [0, 0.05) is 45.3 Å². The average molecular weight is 380 g/mol. The molecule has 2 nitrogen and oxygen atoms in total. The zero-order valence-corrected chi connectivity index (χ0v) is 16.0. The van der Waals surface area contributed by atoms with Crippen LogP contribution in [0.25, 0.3) is 20.2 Å². The van der Waals surface area contributed by atoms with Crippen molar-refractivity contribution >= 4 is 48.8 Å². The zero-order chi connectivity index (χ0) is 18.1. The molecular formula is C22H18ClNOS. The van der Waals surface area contributed by atoms with E-state index in [1.165, 1.54) is 5.56 Å². The van der Waals surface area contributed by atoms with Gasteiger partial charge in [0.05, 0.1) is 0 Å². The number of hydrogen-bond acceptors (Lipinski definition) is 3. The molecule has 0 saturated heterocycles. The first kappa shape index (κ1) is 17.1. The molecule has 0 unspecified atom stereocenters. The van der Waals surface area contributed by atoms with Crippen molar-refractivity contribution in [3.8, 4) is 0 Å². The van der Waals surface area contributed by atoms with E-state index in [1.54, 1.807) is 11.3 Å². The lowest BCUT2D eigenvalue weighted by atomic mass is 10.1. The van der Waals surface area contributed by atoms with Crippen LogP contribution in [0.4, 0.5) is 5.69 Å². The molecule has 0 spiro atoms. The first-order valence-corrected chi connectivity index (χ1v) is 9.81. The molecule has 130 valence electrons. The van der Waals surface area contributed by atoms with Crippen LogP contribution in [0.5, 0.6) is 0 Å². The summed E-state index contributed by atoms with van der Waals surface area (Å²) in [4.78, 5) is 15.0. The number of fused-ring (bicyclic) bond motifs is 2. The Kier molecular flexibility index (Phi) is 4.66. The van der Waals surface area contributed by atoms with Crippen LogP contribution < -0.4 is 10.3 Å². The molecule has 0 radical (unpaired) electrons. The summed E-state index contributed by atoms with van der Waals surface area (Å²) in [6.07, 6.45) is 0. The minimum absolute atomic E-state index is 0.107. The van der Waals surface area contributed by atoms with Gasteiger partial charge in [0.25, 0.3) is 0 Å². The monoisotopic (exact) mass is 379 g/mol. The summed E-state index contributed by atoms with van der Waals surface area (Å²) < 4.78 is 2.06. The number of anilines is 1. The van der Waals surface area contributed by atoms with Crippen LogP contribution in [0.3, 0.4) is 0 Å². The van der Waals surface area contributed by atoms with E-state index in [0.717, 1.165) is 38.0 Å². The minimum atomic E-state index is 0.107. The number of halogens is 1. The van der Waals surface area contributed by atoms with Gasteiger partial charge in [0.15, 0.2) is 5.43 Å². The molecule has 0 aliphatic carbocycles. The summed E-state index contributed by atoms with van der Waals surface area (Å²) in [5.74, 6) is 0.530. The lowest BCUT2D eigenvalue weighted by molar-refractivity contribution is 0.923. The topological polar surface area (TPSA) is 20.3 Å². The molecule has 3 aromatic carbocycles. The fourth-order valence-electron chi connectivity index (χ4n) is 3.13. The number of nitrogens with zero attached hydrogens (tertiary/aromatic N) is 1. The average Bonchev–Trinajstić information content (AvgIpc) is 2.68. The second-order valence-corrected chi connectivity index (χ2v) is 7.77. The van der Waals surface area contributed by atoms with Crippen molar-refractivity contribution in [1.29, 1.82) is 0 Å². The highest BCUT2D eigenvalue weighted by Gasteiger charge is 2.09. The van der Waals surface area contributed by atoms with Crippen molar-refractivity contribution in [1.82, 2.24) is 0 Å². The predicted octanol–water partition coefficient (Wildman–Crippen LogP) is 5.79. The first-order valence-electron chi connectivity index (χ1n) is 8.46. The van der Waals surface area contributed by atoms with Gasteiger partial charge in [-0.05, 0) is 41.5 Å². The Labute approximate surface area is 161 Å². The van der Waals surface area contributed by atoms with Crippen LogP contribution in [-0.4, -0.2) is 7.05 Å². The summed E-state index contributed by atoms with van der Waals surface area (Å²) in [5, 5.41) is 1.58. The van der Waals surface area contributed by atoms with E-state index in [4.69, 9.17) is 11.6 Å². The predicted molar refractivity (Wildman–Crippen MR) is 114 cm³/mol. The van der Waals surface area contributed by atoms with Gasteiger partial charge in [-0.1, -0.05) is 36.4 Å². The molecule has 0 atom stereocenters. The van der Waals surface area contributed by atoms with Crippen molar-refractivity contribution in [2.24, 2.45) is 0 Å². The standard InChI is InChI=1S/C22H18ClNOS/c1-24(14-16-8-6-15(13-23)7-9-16)17-10-11-21-19(12-17)22(25)18-4-2-3-5-20(18)26-21/h2-12H,13-14H2,1H3. The summed E-state index contributed by atoms with van der Waals surface area (Å²) in [7, 11) is 2.05. The molecule has 1 aromatic heterocycles. The molecule has 0 aliphatic rings. The van der Waals surface area contributed by atoms with Gasteiger partial charge >= 0.3 is 0 Å². The molecule has 0 N–H and O–H groups in total. The van der Waals surface area contributed by atoms with E-state index < -0.39 is 0 Å². The number of hydrogen-bond donors (Lipinski definition) is 0. The maximum Gasteiger partial charge on any atom is 0.195 e. The molecule has 0 saturated carbocycles. The van der Waals surface area contributed by atoms with E-state index in [-0.39, 0.29) is 5.43 Å². The highest BCUT2D eigenvalue weighted by Crippen LogP contribution is 2.28. The van der Waals surface area contributed by atoms with E-state index in [9.17, 15) is 4.79 Å². The van der Waals surface area contributed by atoms with E-state index in [1.807, 2.05) is 37.4 Å². The third-order valence-electron chi connectivity index (χ3n) is 4.60. The van der Waals surface area contributed by atoms with Crippen LogP contribution in [0, 0.1) is 0 Å². The highest BCUT2D eigenvalue weighted by atomic mass is 35.5. The molecule has 0 bridgehead atoms. The minimum Gasteiger partial charge on any atom is -0.370 e. The maximum absolute atomic E-state index is 12.9. The van der Waals surface area contributed by atoms with Crippen LogP contribution in [0.1, 0.15) is 11.1 Å². The lowest BCUT2D eigenvalue weighted by Gasteiger charge is -2.20. The number of alkyl halides is 1. The molecule has 0 amide bonds. The summed E-state index contributed by atoms with van der Waals surface area (Å²) in [5.41, 5.74) is 3.48. The molecule has 0 fully saturated rings. The molecular weight excluding hydrogens is 362 g/mol. The molecule has 4 heteroatoms. The number of benzene rings is 3. The van der Waals surface area contributed by atoms with E-state index in [0.29, 0.717) is 5.88 Å². The second kappa shape index (κ2) is 7.10. The molecule has 4 aromatic rings. The van der Waals surface area contributed by atoms with Gasteiger partial charge in [-0.25, -0.2) is 0 Å².